The van der Waals surface area contributed by atoms with Crippen LogP contribution in [0.25, 0.3) is 0 Å². The molecule has 0 aliphatic rings. The highest BCUT2D eigenvalue weighted by atomic mass is 15.2. The number of hydrogen-bond donors (Lipinski definition) is 2. The predicted molar refractivity (Wildman–Crippen MR) is 93.1 cm³/mol. The zero-order valence-corrected chi connectivity index (χ0v) is 13.9. The molecule has 116 valence electrons. The molecule has 0 heterocycles. The van der Waals surface area contributed by atoms with E-state index in [0.717, 1.165) is 5.96 Å². The third-order valence-corrected chi connectivity index (χ3v) is 3.75. The maximum atomic E-state index is 3.56. The fraction of sp³-hybridized carbons (Fsp3) is 0.316. The number of nitrogens with zero attached hydrogens (tertiary/aromatic N) is 1. The van der Waals surface area contributed by atoms with E-state index in [2.05, 4.69) is 77.6 Å². The minimum atomic E-state index is 0.245. The van der Waals surface area contributed by atoms with Gasteiger partial charge in [0.05, 0.1) is 26.2 Å². The average Bonchev–Trinajstić information content (AvgIpc) is 2.55. The molecule has 0 unspecified atom stereocenters. The minimum absolute atomic E-state index is 0.245. The quantitative estimate of drug-likeness (QED) is 0.514. The predicted octanol–water partition coefficient (Wildman–Crippen LogP) is 3.32. The Morgan fingerprint density at radius 3 is 1.41 bits per heavy atom. The van der Waals surface area contributed by atoms with Crippen LogP contribution in [-0.4, -0.2) is 24.6 Å². The van der Waals surface area contributed by atoms with Gasteiger partial charge in [-0.2, -0.15) is 0 Å². The zero-order chi connectivity index (χ0) is 15.9. The Hall–Kier alpha value is -2.29. The van der Waals surface area contributed by atoms with E-state index in [1.165, 1.54) is 11.1 Å². The Balaban J connectivity index is 2.07. The topological polar surface area (TPSA) is 27.1 Å². The van der Waals surface area contributed by atoms with Gasteiger partial charge in [-0.25, -0.2) is 0 Å². The van der Waals surface area contributed by atoms with Crippen molar-refractivity contribution in [1.29, 1.82) is 0 Å². The van der Waals surface area contributed by atoms with Crippen molar-refractivity contribution in [1.82, 2.24) is 10.6 Å². The van der Waals surface area contributed by atoms with Crippen LogP contribution in [0.4, 0.5) is 0 Å². The summed E-state index contributed by atoms with van der Waals surface area (Å²) < 4.78 is 2.08. The van der Waals surface area contributed by atoms with E-state index >= 15 is 0 Å². The molecule has 2 aromatic carbocycles. The summed E-state index contributed by atoms with van der Waals surface area (Å²) >= 11 is 0. The Kier molecular flexibility index (Phi) is 5.59. The molecule has 3 heteroatoms. The summed E-state index contributed by atoms with van der Waals surface area (Å²) in [4.78, 5) is 0. The normalized spacial score (nSPS) is 13.1. The number of benzene rings is 2. The third-order valence-electron chi connectivity index (χ3n) is 3.75. The molecule has 0 aliphatic heterocycles. The molecule has 2 aromatic rings. The van der Waals surface area contributed by atoms with Gasteiger partial charge in [0.1, 0.15) is 0 Å². The van der Waals surface area contributed by atoms with Crippen LogP contribution < -0.4 is 10.6 Å². The molecule has 0 fully saturated rings. The van der Waals surface area contributed by atoms with Crippen LogP contribution in [-0.2, 0) is 0 Å². The first kappa shape index (κ1) is 16.1. The van der Waals surface area contributed by atoms with E-state index in [-0.39, 0.29) is 12.1 Å². The number of guanidine groups is 1. The Morgan fingerprint density at radius 1 is 0.727 bits per heavy atom. The number of nitrogens with one attached hydrogen (secondary N) is 2. The van der Waals surface area contributed by atoms with Crippen molar-refractivity contribution in [2.45, 2.75) is 25.9 Å². The lowest BCUT2D eigenvalue weighted by atomic mass is 10.1. The molecule has 2 N–H and O–H groups in total. The molecule has 0 saturated carbocycles. The summed E-state index contributed by atoms with van der Waals surface area (Å²) in [6.07, 6.45) is 0. The van der Waals surface area contributed by atoms with Gasteiger partial charge >= 0.3 is 5.96 Å². The van der Waals surface area contributed by atoms with E-state index < -0.39 is 0 Å². The molecule has 0 amide bonds. The summed E-state index contributed by atoms with van der Waals surface area (Å²) in [5.74, 6) is 1.02. The average molecular weight is 296 g/mol. The smallest absolute Gasteiger partial charge is 0.271 e. The Labute approximate surface area is 133 Å². The molecule has 22 heavy (non-hydrogen) atoms. The molecular weight excluding hydrogens is 270 g/mol. The van der Waals surface area contributed by atoms with Crippen LogP contribution in [0.2, 0.25) is 0 Å². The van der Waals surface area contributed by atoms with E-state index in [0.29, 0.717) is 0 Å². The fourth-order valence-corrected chi connectivity index (χ4v) is 2.36. The van der Waals surface area contributed by atoms with Gasteiger partial charge in [0.25, 0.3) is 0 Å². The first-order valence-corrected chi connectivity index (χ1v) is 7.75. The van der Waals surface area contributed by atoms with Gasteiger partial charge in [-0.15, -0.1) is 0 Å². The number of hydrogen-bond acceptors (Lipinski definition) is 0. The van der Waals surface area contributed by atoms with Crippen LogP contribution in [0.1, 0.15) is 37.1 Å². The molecule has 2 rings (SSSR count). The van der Waals surface area contributed by atoms with Crippen LogP contribution in [0.3, 0.4) is 0 Å². The van der Waals surface area contributed by atoms with Crippen LogP contribution in [0, 0.1) is 0 Å². The maximum absolute atomic E-state index is 3.56. The van der Waals surface area contributed by atoms with E-state index in [1.807, 2.05) is 26.2 Å². The highest BCUT2D eigenvalue weighted by molar-refractivity contribution is 5.75. The molecule has 0 radical (unpaired) electrons. The largest absolute Gasteiger partial charge is 0.346 e. The second-order valence-electron chi connectivity index (χ2n) is 5.80. The molecule has 0 aromatic heterocycles. The van der Waals surface area contributed by atoms with Crippen molar-refractivity contribution in [3.05, 3.63) is 71.8 Å². The number of rotatable bonds is 4. The molecule has 0 aliphatic carbocycles. The van der Waals surface area contributed by atoms with E-state index in [4.69, 9.17) is 0 Å². The Morgan fingerprint density at radius 2 is 1.09 bits per heavy atom. The van der Waals surface area contributed by atoms with Crippen molar-refractivity contribution in [2.75, 3.05) is 14.1 Å². The van der Waals surface area contributed by atoms with E-state index in [9.17, 15) is 0 Å². The summed E-state index contributed by atoms with van der Waals surface area (Å²) in [5, 5.41) is 7.13. The van der Waals surface area contributed by atoms with Gasteiger partial charge in [0.2, 0.25) is 0 Å². The van der Waals surface area contributed by atoms with Gasteiger partial charge in [-0.1, -0.05) is 60.7 Å². The van der Waals surface area contributed by atoms with Gasteiger partial charge in [0, 0.05) is 0 Å². The molecule has 0 saturated heterocycles. The van der Waals surface area contributed by atoms with Crippen molar-refractivity contribution < 1.29 is 4.58 Å². The molecule has 2 atom stereocenters. The highest BCUT2D eigenvalue weighted by Crippen LogP contribution is 2.13. The van der Waals surface area contributed by atoms with Gasteiger partial charge in [-0.3, -0.25) is 15.2 Å². The van der Waals surface area contributed by atoms with Gasteiger partial charge < -0.3 is 0 Å². The SMILES string of the molecule is C[C@H](NC(N[C@H](C)c1ccccc1)=[N+](C)C)c1ccccc1. The second-order valence-corrected chi connectivity index (χ2v) is 5.80. The molecule has 0 bridgehead atoms. The van der Waals surface area contributed by atoms with E-state index in [1.54, 1.807) is 0 Å². The fourth-order valence-electron chi connectivity index (χ4n) is 2.36. The summed E-state index contributed by atoms with van der Waals surface area (Å²) in [7, 11) is 4.09. The van der Waals surface area contributed by atoms with Crippen LogP contribution >= 0.6 is 0 Å². The lowest BCUT2D eigenvalue weighted by Crippen LogP contribution is -2.44. The van der Waals surface area contributed by atoms with Crippen LogP contribution in [0.5, 0.6) is 0 Å². The maximum Gasteiger partial charge on any atom is 0.346 e. The van der Waals surface area contributed by atoms with Gasteiger partial charge in [0.15, 0.2) is 0 Å². The van der Waals surface area contributed by atoms with Crippen molar-refractivity contribution >= 4 is 5.96 Å². The molecule has 0 spiro atoms. The zero-order valence-electron chi connectivity index (χ0n) is 13.9. The monoisotopic (exact) mass is 296 g/mol. The third kappa shape index (κ3) is 4.35. The summed E-state index contributed by atoms with van der Waals surface area (Å²) in [6.45, 7) is 4.35. The van der Waals surface area contributed by atoms with Crippen molar-refractivity contribution in [3.8, 4) is 0 Å². The standard InChI is InChI=1S/C19H25N3/c1-15(17-11-7-5-8-12-17)20-19(22(3)4)21-16(2)18-13-9-6-10-14-18/h5-16H,1-4H3,(H,20,21)/p+1/t15-,16+. The van der Waals surface area contributed by atoms with Crippen LogP contribution in [0.15, 0.2) is 60.7 Å². The second kappa shape index (κ2) is 7.64. The molecular formula is C19H26N3+. The molecule has 3 nitrogen and oxygen atoms in total. The highest BCUT2D eigenvalue weighted by Gasteiger charge is 2.18. The van der Waals surface area contributed by atoms with Crippen molar-refractivity contribution in [2.24, 2.45) is 0 Å². The van der Waals surface area contributed by atoms with Crippen molar-refractivity contribution in [3.63, 3.8) is 0 Å². The lowest BCUT2D eigenvalue weighted by Gasteiger charge is -2.18. The lowest BCUT2D eigenvalue weighted by molar-refractivity contribution is -0.469. The first-order chi connectivity index (χ1) is 10.6. The summed E-state index contributed by atoms with van der Waals surface area (Å²) in [5.41, 5.74) is 2.55. The van der Waals surface area contributed by atoms with Gasteiger partial charge in [-0.05, 0) is 25.0 Å². The Bertz CT molecular complexity index is 552. The first-order valence-electron chi connectivity index (χ1n) is 7.75. The minimum Gasteiger partial charge on any atom is -0.271 e. The summed E-state index contributed by atoms with van der Waals surface area (Å²) in [6, 6.07) is 21.4.